The summed E-state index contributed by atoms with van der Waals surface area (Å²) in [5, 5.41) is 3.60. The van der Waals surface area contributed by atoms with E-state index in [1.54, 1.807) is 0 Å². The van der Waals surface area contributed by atoms with E-state index in [1.165, 1.54) is 19.3 Å². The molecule has 2 rings (SSSR count). The van der Waals surface area contributed by atoms with Crippen molar-refractivity contribution >= 4 is 5.91 Å². The van der Waals surface area contributed by atoms with Gasteiger partial charge in [0.2, 0.25) is 5.91 Å². The van der Waals surface area contributed by atoms with Gasteiger partial charge < -0.3 is 4.90 Å². The number of nitrogens with one attached hydrogen (secondary N) is 1. The fourth-order valence-electron chi connectivity index (χ4n) is 3.84. The lowest BCUT2D eigenvalue weighted by Gasteiger charge is -2.27. The SMILES string of the molecule is CCCC1NC(C(C)CC)C(=O)N1CC1CCC(C)C1. The van der Waals surface area contributed by atoms with E-state index in [9.17, 15) is 4.79 Å². The largest absolute Gasteiger partial charge is 0.326 e. The van der Waals surface area contributed by atoms with Gasteiger partial charge in [-0.2, -0.15) is 0 Å². The van der Waals surface area contributed by atoms with Gasteiger partial charge in [0, 0.05) is 6.54 Å². The average molecular weight is 280 g/mol. The Morgan fingerprint density at radius 1 is 1.35 bits per heavy atom. The van der Waals surface area contributed by atoms with Crippen LogP contribution in [0.5, 0.6) is 0 Å². The van der Waals surface area contributed by atoms with Crippen molar-refractivity contribution < 1.29 is 4.79 Å². The quantitative estimate of drug-likeness (QED) is 0.809. The van der Waals surface area contributed by atoms with Crippen LogP contribution in [0.1, 0.15) is 66.2 Å². The predicted molar refractivity (Wildman–Crippen MR) is 83.3 cm³/mol. The molecule has 116 valence electrons. The molecule has 0 spiro atoms. The Kier molecular flexibility index (Phi) is 5.48. The summed E-state index contributed by atoms with van der Waals surface area (Å²) in [6, 6.07) is 0.0513. The van der Waals surface area contributed by atoms with E-state index in [1.807, 2.05) is 0 Å². The Bertz CT molecular complexity index is 331. The molecular weight excluding hydrogens is 248 g/mol. The molecule has 1 amide bonds. The first kappa shape index (κ1) is 15.8. The summed E-state index contributed by atoms with van der Waals surface area (Å²) in [5.41, 5.74) is 0. The smallest absolute Gasteiger partial charge is 0.241 e. The Morgan fingerprint density at radius 3 is 2.65 bits per heavy atom. The van der Waals surface area contributed by atoms with Gasteiger partial charge in [-0.3, -0.25) is 10.1 Å². The van der Waals surface area contributed by atoms with Crippen molar-refractivity contribution in [1.29, 1.82) is 0 Å². The lowest BCUT2D eigenvalue weighted by Crippen LogP contribution is -2.40. The van der Waals surface area contributed by atoms with Gasteiger partial charge in [0.15, 0.2) is 0 Å². The molecule has 0 aromatic rings. The van der Waals surface area contributed by atoms with Crippen molar-refractivity contribution in [2.45, 2.75) is 78.4 Å². The molecule has 5 atom stereocenters. The zero-order chi connectivity index (χ0) is 14.7. The first-order valence-corrected chi connectivity index (χ1v) is 8.63. The van der Waals surface area contributed by atoms with Crippen LogP contribution >= 0.6 is 0 Å². The average Bonchev–Trinajstić information content (AvgIpc) is 2.97. The van der Waals surface area contributed by atoms with E-state index in [0.29, 0.717) is 11.8 Å². The molecule has 0 radical (unpaired) electrons. The number of nitrogens with zero attached hydrogens (tertiary/aromatic N) is 1. The number of rotatable bonds is 6. The van der Waals surface area contributed by atoms with E-state index < -0.39 is 0 Å². The fourth-order valence-corrected chi connectivity index (χ4v) is 3.84. The van der Waals surface area contributed by atoms with Gasteiger partial charge in [-0.15, -0.1) is 0 Å². The van der Waals surface area contributed by atoms with E-state index in [2.05, 4.69) is 37.9 Å². The second-order valence-electron chi connectivity index (χ2n) is 7.11. The molecular formula is C17H32N2O. The molecule has 0 aromatic heterocycles. The fraction of sp³-hybridized carbons (Fsp3) is 0.941. The molecule has 1 heterocycles. The molecule has 5 unspecified atom stereocenters. The molecule has 0 bridgehead atoms. The van der Waals surface area contributed by atoms with Crippen LogP contribution in [0.4, 0.5) is 0 Å². The standard InChI is InChI=1S/C17H32N2O/c1-5-7-15-18-16(13(4)6-2)17(20)19(15)11-14-9-8-12(3)10-14/h12-16,18H,5-11H2,1-4H3. The van der Waals surface area contributed by atoms with Crippen molar-refractivity contribution in [3.8, 4) is 0 Å². The van der Waals surface area contributed by atoms with E-state index >= 15 is 0 Å². The molecule has 1 N–H and O–H groups in total. The van der Waals surface area contributed by atoms with Gasteiger partial charge >= 0.3 is 0 Å². The van der Waals surface area contributed by atoms with Crippen molar-refractivity contribution in [3.63, 3.8) is 0 Å². The molecule has 1 saturated carbocycles. The Labute approximate surface area is 124 Å². The topological polar surface area (TPSA) is 32.3 Å². The minimum absolute atomic E-state index is 0.0513. The predicted octanol–water partition coefficient (Wildman–Crippen LogP) is 3.40. The van der Waals surface area contributed by atoms with E-state index in [4.69, 9.17) is 0 Å². The van der Waals surface area contributed by atoms with E-state index in [0.717, 1.165) is 37.6 Å². The summed E-state index contributed by atoms with van der Waals surface area (Å²) in [5.74, 6) is 2.37. The van der Waals surface area contributed by atoms with Crippen LogP contribution in [0.25, 0.3) is 0 Å². The van der Waals surface area contributed by atoms with Crippen LogP contribution in [0.15, 0.2) is 0 Å². The zero-order valence-corrected chi connectivity index (χ0v) is 13.7. The summed E-state index contributed by atoms with van der Waals surface area (Å²) < 4.78 is 0. The van der Waals surface area contributed by atoms with Crippen LogP contribution in [-0.4, -0.2) is 29.6 Å². The van der Waals surface area contributed by atoms with Crippen LogP contribution in [0, 0.1) is 17.8 Å². The Balaban J connectivity index is 2.01. The highest BCUT2D eigenvalue weighted by Gasteiger charge is 2.41. The number of carbonyl (C=O) groups excluding carboxylic acids is 1. The van der Waals surface area contributed by atoms with Gasteiger partial charge in [-0.1, -0.05) is 47.0 Å². The normalized spacial score (nSPS) is 35.8. The lowest BCUT2D eigenvalue weighted by molar-refractivity contribution is -0.131. The van der Waals surface area contributed by atoms with Gasteiger partial charge in [0.25, 0.3) is 0 Å². The Hall–Kier alpha value is -0.570. The third-order valence-corrected chi connectivity index (χ3v) is 5.33. The first-order valence-electron chi connectivity index (χ1n) is 8.63. The lowest BCUT2D eigenvalue weighted by atomic mass is 9.99. The summed E-state index contributed by atoms with van der Waals surface area (Å²) in [6.07, 6.45) is 7.51. The van der Waals surface area contributed by atoms with Crippen molar-refractivity contribution in [3.05, 3.63) is 0 Å². The van der Waals surface area contributed by atoms with Gasteiger partial charge in [0.05, 0.1) is 12.2 Å². The second kappa shape index (κ2) is 6.93. The molecule has 1 saturated heterocycles. The molecule has 20 heavy (non-hydrogen) atoms. The summed E-state index contributed by atoms with van der Waals surface area (Å²) in [4.78, 5) is 14.9. The number of hydrogen-bond donors (Lipinski definition) is 1. The molecule has 0 aromatic carbocycles. The maximum atomic E-state index is 12.7. The van der Waals surface area contributed by atoms with Crippen molar-refractivity contribution in [2.75, 3.05) is 6.54 Å². The molecule has 3 heteroatoms. The van der Waals surface area contributed by atoms with Crippen LogP contribution < -0.4 is 5.32 Å². The number of amides is 1. The molecule has 1 aliphatic heterocycles. The Morgan fingerprint density at radius 2 is 2.10 bits per heavy atom. The molecule has 2 fully saturated rings. The van der Waals surface area contributed by atoms with Gasteiger partial charge in [0.1, 0.15) is 0 Å². The third kappa shape index (κ3) is 3.36. The number of hydrogen-bond acceptors (Lipinski definition) is 2. The maximum absolute atomic E-state index is 12.7. The molecule has 3 nitrogen and oxygen atoms in total. The zero-order valence-electron chi connectivity index (χ0n) is 13.7. The van der Waals surface area contributed by atoms with Crippen LogP contribution in [0.3, 0.4) is 0 Å². The van der Waals surface area contributed by atoms with Gasteiger partial charge in [-0.25, -0.2) is 0 Å². The minimum Gasteiger partial charge on any atom is -0.326 e. The highest BCUT2D eigenvalue weighted by Crippen LogP contribution is 2.33. The number of carbonyl (C=O) groups is 1. The highest BCUT2D eigenvalue weighted by molar-refractivity contribution is 5.84. The minimum atomic E-state index is 0.0513. The van der Waals surface area contributed by atoms with E-state index in [-0.39, 0.29) is 12.2 Å². The van der Waals surface area contributed by atoms with Crippen LogP contribution in [-0.2, 0) is 4.79 Å². The first-order chi connectivity index (χ1) is 9.56. The summed E-state index contributed by atoms with van der Waals surface area (Å²) in [6.45, 7) is 9.90. The summed E-state index contributed by atoms with van der Waals surface area (Å²) >= 11 is 0. The monoisotopic (exact) mass is 280 g/mol. The maximum Gasteiger partial charge on any atom is 0.241 e. The second-order valence-corrected chi connectivity index (χ2v) is 7.11. The molecule has 2 aliphatic rings. The van der Waals surface area contributed by atoms with Gasteiger partial charge in [-0.05, 0) is 37.0 Å². The van der Waals surface area contributed by atoms with Crippen LogP contribution in [0.2, 0.25) is 0 Å². The van der Waals surface area contributed by atoms with Crippen molar-refractivity contribution in [2.24, 2.45) is 17.8 Å². The third-order valence-electron chi connectivity index (χ3n) is 5.33. The summed E-state index contributed by atoms with van der Waals surface area (Å²) in [7, 11) is 0. The molecule has 1 aliphatic carbocycles. The highest BCUT2D eigenvalue weighted by atomic mass is 16.2. The van der Waals surface area contributed by atoms with Crippen molar-refractivity contribution in [1.82, 2.24) is 10.2 Å².